The van der Waals surface area contributed by atoms with Crippen LogP contribution in [0, 0.1) is 48.8 Å². The van der Waals surface area contributed by atoms with E-state index in [9.17, 15) is 18.8 Å². The zero-order chi connectivity index (χ0) is 93.8. The fourth-order valence-electron chi connectivity index (χ4n) is 13.5. The molecule has 7 aliphatic rings. The summed E-state index contributed by atoms with van der Waals surface area (Å²) in [7, 11) is -3.29. The molecule has 10 heterocycles. The van der Waals surface area contributed by atoms with Gasteiger partial charge >= 0.3 is 35.7 Å². The number of aromatic nitrogens is 12. The number of carboxylic acids is 1. The predicted molar refractivity (Wildman–Crippen MR) is 541 cm³/mol. The molecule has 17 rings (SSSR count). The number of nitrogens with zero attached hydrogens (tertiary/aromatic N) is 11. The zero-order valence-corrected chi connectivity index (χ0v) is 87.1. The number of nitriles is 2. The second kappa shape index (κ2) is 51.7. The van der Waals surface area contributed by atoms with Gasteiger partial charge in [0.05, 0.1) is 93.3 Å². The van der Waals surface area contributed by atoms with Crippen LogP contribution in [0.15, 0.2) is 171 Å². The Hall–Kier alpha value is -7.93. The number of carbonyl (C=O) groups excluding carboxylic acids is 2. The third kappa shape index (κ3) is 34.7. The van der Waals surface area contributed by atoms with Crippen molar-refractivity contribution in [3.8, 4) is 40.1 Å². The van der Waals surface area contributed by atoms with E-state index in [4.69, 9.17) is 62.4 Å². The van der Waals surface area contributed by atoms with Gasteiger partial charge in [-0.1, -0.05) is 44.0 Å². The molecule has 1 aromatic carbocycles. The van der Waals surface area contributed by atoms with E-state index >= 15 is 0 Å². The molecule has 0 atom stereocenters. The van der Waals surface area contributed by atoms with Crippen LogP contribution in [-0.4, -0.2) is 138 Å². The van der Waals surface area contributed by atoms with Crippen LogP contribution in [0.4, 0.5) is 14.0 Å². The van der Waals surface area contributed by atoms with Gasteiger partial charge in [-0.25, -0.2) is 14.6 Å². The van der Waals surface area contributed by atoms with E-state index in [1.54, 1.807) is 44.2 Å². The molecular weight excluding hydrogens is 2210 g/mol. The number of pyridine rings is 6. The Balaban J connectivity index is 0.000000263. The quantitative estimate of drug-likeness (QED) is 0.0224. The number of nitrogens with two attached hydrogens (primary N) is 1. The Morgan fingerprint density at radius 1 is 0.534 bits per heavy atom. The van der Waals surface area contributed by atoms with E-state index < -0.39 is 50.6 Å². The third-order valence-electron chi connectivity index (χ3n) is 22.6. The van der Waals surface area contributed by atoms with Crippen LogP contribution in [0.5, 0.6) is 5.75 Å². The highest BCUT2D eigenvalue weighted by Crippen LogP contribution is 2.46. The number of ether oxygens (including phenoxy) is 3. The van der Waals surface area contributed by atoms with Crippen molar-refractivity contribution < 1.29 is 64.9 Å². The van der Waals surface area contributed by atoms with Crippen LogP contribution in [-0.2, 0) is 67.8 Å². The number of aromatic amines is 3. The number of carboxylic acid groups (broad SMARTS) is 1. The number of amides is 2. The first-order valence-corrected chi connectivity index (χ1v) is 47.7. The molecule has 0 spiro atoms. The van der Waals surface area contributed by atoms with Crippen molar-refractivity contribution in [3.63, 3.8) is 0 Å². The average molecular weight is 2330 g/mol. The number of H-pyrrole nitrogens is 3. The van der Waals surface area contributed by atoms with E-state index in [0.717, 1.165) is 180 Å². The maximum absolute atomic E-state index is 12.1. The van der Waals surface area contributed by atoms with Crippen molar-refractivity contribution in [2.75, 3.05) is 7.11 Å². The fourth-order valence-corrected chi connectivity index (χ4v) is 14.7. The smallest absolute Gasteiger partial charge is 0.497 e. The minimum absolute atomic E-state index is 0. The molecule has 9 aromatic heterocycles. The summed E-state index contributed by atoms with van der Waals surface area (Å²) in [5.41, 5.74) is 13.6. The number of nitrogens with one attached hydrogen (secondary N) is 5. The van der Waals surface area contributed by atoms with Crippen LogP contribution in [0.25, 0.3) is 22.3 Å². The second-order valence-corrected chi connectivity index (χ2v) is 40.5. The topological polar surface area (TPSA) is 453 Å². The molecule has 1 aliphatic heterocycles. The first kappa shape index (κ1) is 114. The maximum Gasteiger partial charge on any atom is 0.498 e. The Labute approximate surface area is 840 Å². The third-order valence-corrected chi connectivity index (χ3v) is 25.2. The van der Waals surface area contributed by atoms with Crippen LogP contribution < -0.4 is 26.6 Å². The number of halogens is 8. The highest BCUT2D eigenvalue weighted by atomic mass is 127. The first-order chi connectivity index (χ1) is 60.4. The average Bonchev–Trinajstić information content (AvgIpc) is 1.74. The number of rotatable bonds is 13. The van der Waals surface area contributed by atoms with Crippen molar-refractivity contribution in [3.05, 3.63) is 226 Å². The number of carbonyl (C=O) groups is 3. The van der Waals surface area contributed by atoms with Crippen molar-refractivity contribution >= 4 is 169 Å². The molecule has 7 fully saturated rings. The minimum Gasteiger partial charge on any atom is -0.497 e. The van der Waals surface area contributed by atoms with E-state index in [1.165, 1.54) is 30.7 Å². The van der Waals surface area contributed by atoms with Crippen LogP contribution >= 0.6 is 128 Å². The standard InChI is InChI=1S/C17H22N4O2.C14H19IN2O2.C12H14N4.C10H9IN2.C10H10INO2.C9H15BN2O2.C9H12O.C5H3FIN.C5H7N.3ClH.H2O4S/c1-16(2,3)23-15(22)21-17(7-4-8-17)14-6-5-12(9-18-14)13-10-19-20-11-13;1-13(2,3)19-12(18)17-14(7-4-8-14)11-6-5-10(15)9-16-11;13-12(4-1-5-12)11-3-2-9(6-14-11)10-7-15-16-8-10;11-8-2-3-9(13-6-8)10(7-12)4-1-5-10;11-7-2-3-8(12-6-7)10(9(13)14)4-1-5-10;1-8(2)9(3,4)14-10(13-8)7-5-11-12-6-7;1-3-8-4-6-9(10-2)7-5-8;6-5-2-1-4(7)3-8-5;6-4-5-2-1-3-5;;;;1-5(2,3)4/h5-6,9-11H,4,7-8H2,1-3H3,(H,19,20)(H,21,22);5-6,9H,4,7-8H2,1-3H3,(H,17,18);2-3,6-8H,1,4-5,13H2,(H,15,16);2-3,6H,1,4-5H2;2-3,6H,1,4-5H2,(H,13,14);5-6H,1-4H3,(H,11,12);4-7H,3H2,1-2H3;1-3H;5H,1-3H2;3*1H;(H2,1,2,3,4). The lowest BCUT2D eigenvalue weighted by atomic mass is 9.66. The van der Waals surface area contributed by atoms with Crippen molar-refractivity contribution in [2.45, 2.75) is 248 Å². The highest BCUT2D eigenvalue weighted by Gasteiger charge is 2.52. The summed E-state index contributed by atoms with van der Waals surface area (Å²) < 4.78 is 75.1. The summed E-state index contributed by atoms with van der Waals surface area (Å²) in [4.78, 5) is 60.6. The minimum atomic E-state index is -4.67. The fraction of sp³-hybridized carbons (Fsp3) is 0.451. The van der Waals surface area contributed by atoms with E-state index in [1.807, 2.05) is 173 Å². The molecule has 0 unspecified atom stereocenters. The molecule has 6 aliphatic carbocycles. The van der Waals surface area contributed by atoms with Gasteiger partial charge in [0.1, 0.15) is 22.4 Å². The van der Waals surface area contributed by atoms with Crippen molar-refractivity contribution in [1.29, 1.82) is 10.5 Å². The molecule has 708 valence electrons. The number of hydrogen-bond donors (Lipinski definition) is 9. The zero-order valence-electron chi connectivity index (χ0n) is 75.2. The number of hydrogen-bond acceptors (Lipinski definition) is 22. The Kier molecular flexibility index (Phi) is 44.8. The molecule has 0 bridgehead atoms. The monoisotopic (exact) mass is 2330 g/mol. The van der Waals surface area contributed by atoms with Crippen molar-refractivity contribution in [1.82, 2.24) is 71.1 Å². The van der Waals surface area contributed by atoms with Gasteiger partial charge in [-0.2, -0.15) is 38.6 Å². The van der Waals surface area contributed by atoms with E-state index in [2.05, 4.69) is 199 Å². The van der Waals surface area contributed by atoms with Gasteiger partial charge in [0.2, 0.25) is 5.95 Å². The van der Waals surface area contributed by atoms with Crippen molar-refractivity contribution in [2.24, 2.45) is 11.7 Å². The lowest BCUT2D eigenvalue weighted by Gasteiger charge is -2.42. The Bertz CT molecular complexity index is 5260. The van der Waals surface area contributed by atoms with Crippen LogP contribution in [0.1, 0.15) is 226 Å². The molecule has 10 aromatic rings. The van der Waals surface area contributed by atoms with Gasteiger partial charge in [-0.15, -0.1) is 37.2 Å². The predicted octanol–water partition coefficient (Wildman–Crippen LogP) is 20.3. The Morgan fingerprint density at radius 3 is 1.19 bits per heavy atom. The van der Waals surface area contributed by atoms with Gasteiger partial charge in [0.15, 0.2) is 0 Å². The van der Waals surface area contributed by atoms with E-state index in [0.29, 0.717) is 11.6 Å². The molecule has 1 saturated heterocycles. The van der Waals surface area contributed by atoms with Gasteiger partial charge in [-0.3, -0.25) is 54.1 Å². The molecule has 40 heteroatoms. The molecule has 0 radical (unpaired) electrons. The molecule has 2 amide bonds. The number of alkyl carbamates (subject to hydrolysis) is 2. The lowest BCUT2D eigenvalue weighted by Crippen LogP contribution is -2.52. The normalized spacial score (nSPS) is 16.8. The number of aryl methyl sites for hydroxylation is 1. The summed E-state index contributed by atoms with van der Waals surface area (Å²) in [6.07, 6.45) is 39.8. The number of aliphatic carboxylic acids is 1. The molecular formula is C91H116BCl3FI4N17O13S. The van der Waals surface area contributed by atoms with E-state index in [-0.39, 0.29) is 78.1 Å². The summed E-state index contributed by atoms with van der Waals surface area (Å²) >= 11 is 8.67. The largest absolute Gasteiger partial charge is 0.498 e. The van der Waals surface area contributed by atoms with Gasteiger partial charge in [0.25, 0.3) is 0 Å². The summed E-state index contributed by atoms with van der Waals surface area (Å²) in [5, 5.41) is 52.5. The molecule has 6 saturated carbocycles. The summed E-state index contributed by atoms with van der Waals surface area (Å²) in [5.74, 6) is 0.185. The molecule has 30 nitrogen and oxygen atoms in total. The summed E-state index contributed by atoms with van der Waals surface area (Å²) in [6, 6.07) is 35.5. The molecule has 131 heavy (non-hydrogen) atoms. The van der Waals surface area contributed by atoms with Crippen LogP contribution in [0.3, 0.4) is 0 Å². The highest BCUT2D eigenvalue weighted by molar-refractivity contribution is 14.1. The second-order valence-electron chi connectivity index (χ2n) is 34.7. The van der Waals surface area contributed by atoms with Gasteiger partial charge in [-0.05, 0) is 347 Å². The van der Waals surface area contributed by atoms with Gasteiger partial charge < -0.3 is 45.0 Å². The first-order valence-electron chi connectivity index (χ1n) is 42.0. The van der Waals surface area contributed by atoms with Crippen LogP contribution in [0.2, 0.25) is 0 Å². The lowest BCUT2D eigenvalue weighted by molar-refractivity contribution is -0.147. The van der Waals surface area contributed by atoms with Gasteiger partial charge in [0, 0.05) is 110 Å². The number of methoxy groups -OCH3 is 1. The molecule has 10 N–H and O–H groups in total. The maximum atomic E-state index is 12.1. The SMILES string of the molecule is CC(C)(C)OC(=O)NC1(c2ccc(-c3cn[nH]c3)cn2)CCC1.CC(C)(C)OC(=O)NC1(c2ccc(I)cn2)CCC1.CC1(C)OB(c2cn[nH]c2)OC1(C)C.CCc1ccc(OC)cc1.Cl.Cl.Cl.Fc1ccc(I)cn1.N#CC1(c2ccc(I)cn2)CCC1.N#CC1CCC1.NC1(c2ccc(-c3cn[nH]c3)cn2)CCC1.O=C(O)C1(c2ccc(I)cn2)CCC1.O=S(=O)(O)O. The Morgan fingerprint density at radius 2 is 0.924 bits per heavy atom. The summed E-state index contributed by atoms with van der Waals surface area (Å²) in [6.45, 7) is 21.4. The number of benzene rings is 1.